The number of nitro groups is 1. The van der Waals surface area contributed by atoms with E-state index in [4.69, 9.17) is 4.42 Å². The number of aryl methyl sites for hydroxylation is 1. The zero-order valence-electron chi connectivity index (χ0n) is 12.5. The molecule has 2 aromatic heterocycles. The fourth-order valence-corrected chi connectivity index (χ4v) is 1.74. The summed E-state index contributed by atoms with van der Waals surface area (Å²) in [6, 6.07) is 1.48. The van der Waals surface area contributed by atoms with Crippen LogP contribution in [0.5, 0.6) is 0 Å². The van der Waals surface area contributed by atoms with Gasteiger partial charge in [0.1, 0.15) is 17.8 Å². The zero-order valence-corrected chi connectivity index (χ0v) is 12.5. The van der Waals surface area contributed by atoms with Gasteiger partial charge in [0.2, 0.25) is 5.89 Å². The van der Waals surface area contributed by atoms with Gasteiger partial charge in [-0.05, 0) is 12.5 Å². The first-order valence-electron chi connectivity index (χ1n) is 6.57. The lowest BCUT2D eigenvalue weighted by atomic mass is 9.94. The van der Waals surface area contributed by atoms with Crippen LogP contribution in [0.25, 0.3) is 0 Å². The van der Waals surface area contributed by atoms with Crippen molar-refractivity contribution in [1.29, 1.82) is 0 Å². The molecule has 2 heterocycles. The van der Waals surface area contributed by atoms with E-state index in [-0.39, 0.29) is 11.1 Å². The van der Waals surface area contributed by atoms with E-state index in [1.165, 1.54) is 12.3 Å². The minimum Gasteiger partial charge on any atom is -0.443 e. The summed E-state index contributed by atoms with van der Waals surface area (Å²) in [5, 5.41) is 13.7. The molecule has 112 valence electrons. The van der Waals surface area contributed by atoms with Gasteiger partial charge in [-0.25, -0.2) is 9.97 Å². The van der Waals surface area contributed by atoms with Crippen molar-refractivity contribution in [1.82, 2.24) is 9.97 Å². The summed E-state index contributed by atoms with van der Waals surface area (Å²) >= 11 is 0. The molecular weight excluding hydrogens is 272 g/mol. The number of anilines is 1. The standard InChI is InChI=1S/C14H18N4O3/c1-9-5-10(18(19)20)6-16-13(9)17-8-12-15-7-11(21-12)14(2,3)4/h5-7H,8H2,1-4H3,(H,16,17). The Morgan fingerprint density at radius 3 is 2.57 bits per heavy atom. The van der Waals surface area contributed by atoms with Gasteiger partial charge in [0, 0.05) is 11.5 Å². The number of nitrogens with one attached hydrogen (secondary N) is 1. The molecule has 0 fully saturated rings. The summed E-state index contributed by atoms with van der Waals surface area (Å²) < 4.78 is 5.66. The van der Waals surface area contributed by atoms with Gasteiger partial charge in [0.25, 0.3) is 5.69 Å². The van der Waals surface area contributed by atoms with E-state index in [1.54, 1.807) is 13.1 Å². The quantitative estimate of drug-likeness (QED) is 0.686. The predicted octanol–water partition coefficient (Wildman–Crippen LogP) is 3.20. The van der Waals surface area contributed by atoms with Crippen LogP contribution in [-0.4, -0.2) is 14.9 Å². The fourth-order valence-electron chi connectivity index (χ4n) is 1.74. The maximum atomic E-state index is 10.7. The molecule has 0 radical (unpaired) electrons. The minimum absolute atomic E-state index is 0.0239. The number of nitrogens with zero attached hydrogens (tertiary/aromatic N) is 3. The van der Waals surface area contributed by atoms with Crippen molar-refractivity contribution in [3.05, 3.63) is 45.8 Å². The molecule has 0 aromatic carbocycles. The van der Waals surface area contributed by atoms with Gasteiger partial charge >= 0.3 is 0 Å². The molecule has 0 saturated carbocycles. The van der Waals surface area contributed by atoms with E-state index in [9.17, 15) is 10.1 Å². The Labute approximate surface area is 122 Å². The molecule has 1 N–H and O–H groups in total. The average molecular weight is 290 g/mol. The van der Waals surface area contributed by atoms with E-state index in [1.807, 2.05) is 20.8 Å². The van der Waals surface area contributed by atoms with Crippen molar-refractivity contribution in [2.24, 2.45) is 0 Å². The summed E-state index contributed by atoms with van der Waals surface area (Å²) in [6.07, 6.45) is 2.94. The highest BCUT2D eigenvalue weighted by Crippen LogP contribution is 2.23. The first-order valence-corrected chi connectivity index (χ1v) is 6.57. The first-order chi connectivity index (χ1) is 9.77. The van der Waals surface area contributed by atoms with Crippen molar-refractivity contribution in [3.63, 3.8) is 0 Å². The third-order valence-corrected chi connectivity index (χ3v) is 2.97. The van der Waals surface area contributed by atoms with Gasteiger partial charge in [0.15, 0.2) is 0 Å². The lowest BCUT2D eigenvalue weighted by Gasteiger charge is -2.13. The summed E-state index contributed by atoms with van der Waals surface area (Å²) in [7, 11) is 0. The number of rotatable bonds is 4. The summed E-state index contributed by atoms with van der Waals surface area (Å²) in [5.74, 6) is 1.95. The van der Waals surface area contributed by atoms with E-state index < -0.39 is 4.92 Å². The first kappa shape index (κ1) is 15.0. The van der Waals surface area contributed by atoms with Gasteiger partial charge in [-0.15, -0.1) is 0 Å². The summed E-state index contributed by atoms with van der Waals surface area (Å²) in [6.45, 7) is 8.28. The molecule has 0 atom stereocenters. The Bertz CT molecular complexity index is 658. The van der Waals surface area contributed by atoms with Crippen LogP contribution in [0.1, 0.15) is 38.0 Å². The van der Waals surface area contributed by atoms with Crippen molar-refractivity contribution in [2.45, 2.75) is 39.7 Å². The second-order valence-corrected chi connectivity index (χ2v) is 5.84. The Morgan fingerprint density at radius 1 is 1.33 bits per heavy atom. The van der Waals surface area contributed by atoms with Crippen molar-refractivity contribution < 1.29 is 9.34 Å². The second-order valence-electron chi connectivity index (χ2n) is 5.84. The van der Waals surface area contributed by atoms with Gasteiger partial charge < -0.3 is 9.73 Å². The number of aromatic nitrogens is 2. The third kappa shape index (κ3) is 3.56. The molecule has 0 spiro atoms. The van der Waals surface area contributed by atoms with Gasteiger partial charge in [-0.2, -0.15) is 0 Å². The number of oxazole rings is 1. The monoisotopic (exact) mass is 290 g/mol. The molecule has 7 nitrogen and oxygen atoms in total. The number of pyridine rings is 1. The number of hydrogen-bond acceptors (Lipinski definition) is 6. The Balaban J connectivity index is 2.06. The molecule has 7 heteroatoms. The summed E-state index contributed by atoms with van der Waals surface area (Å²) in [4.78, 5) is 18.5. The minimum atomic E-state index is -0.465. The molecule has 0 amide bonds. The largest absolute Gasteiger partial charge is 0.443 e. The molecule has 0 bridgehead atoms. The predicted molar refractivity (Wildman–Crippen MR) is 78.2 cm³/mol. The Hall–Kier alpha value is -2.44. The van der Waals surface area contributed by atoms with E-state index >= 15 is 0 Å². The van der Waals surface area contributed by atoms with E-state index in [0.717, 1.165) is 5.76 Å². The second kappa shape index (κ2) is 5.51. The number of hydrogen-bond donors (Lipinski definition) is 1. The van der Waals surface area contributed by atoms with Crippen LogP contribution >= 0.6 is 0 Å². The van der Waals surface area contributed by atoms with E-state index in [0.29, 0.717) is 23.8 Å². The lowest BCUT2D eigenvalue weighted by Crippen LogP contribution is -2.09. The van der Waals surface area contributed by atoms with Crippen LogP contribution < -0.4 is 5.32 Å². The molecule has 0 unspecified atom stereocenters. The van der Waals surface area contributed by atoms with Gasteiger partial charge in [-0.3, -0.25) is 10.1 Å². The van der Waals surface area contributed by atoms with Crippen LogP contribution in [-0.2, 0) is 12.0 Å². The van der Waals surface area contributed by atoms with Crippen molar-refractivity contribution in [2.75, 3.05) is 5.32 Å². The zero-order chi connectivity index (χ0) is 15.6. The lowest BCUT2D eigenvalue weighted by molar-refractivity contribution is -0.385. The molecular formula is C14H18N4O3. The maximum absolute atomic E-state index is 10.7. The van der Waals surface area contributed by atoms with Crippen molar-refractivity contribution >= 4 is 11.5 Å². The maximum Gasteiger partial charge on any atom is 0.287 e. The summed E-state index contributed by atoms with van der Waals surface area (Å²) in [5.41, 5.74) is 0.586. The van der Waals surface area contributed by atoms with E-state index in [2.05, 4.69) is 15.3 Å². The molecule has 2 aromatic rings. The Kier molecular flexibility index (Phi) is 3.93. The highest BCUT2D eigenvalue weighted by atomic mass is 16.6. The van der Waals surface area contributed by atoms with Gasteiger partial charge in [0.05, 0.1) is 17.7 Å². The highest BCUT2D eigenvalue weighted by Gasteiger charge is 2.19. The third-order valence-electron chi connectivity index (χ3n) is 2.97. The van der Waals surface area contributed by atoms with Crippen LogP contribution in [0.4, 0.5) is 11.5 Å². The van der Waals surface area contributed by atoms with Gasteiger partial charge in [-0.1, -0.05) is 20.8 Å². The molecule has 0 aliphatic carbocycles. The van der Waals surface area contributed by atoms with Crippen LogP contribution in [0, 0.1) is 17.0 Å². The molecule has 21 heavy (non-hydrogen) atoms. The smallest absolute Gasteiger partial charge is 0.287 e. The normalized spacial score (nSPS) is 11.4. The van der Waals surface area contributed by atoms with Crippen LogP contribution in [0.3, 0.4) is 0 Å². The van der Waals surface area contributed by atoms with Crippen molar-refractivity contribution in [3.8, 4) is 0 Å². The molecule has 2 rings (SSSR count). The average Bonchev–Trinajstić information content (AvgIpc) is 2.85. The SMILES string of the molecule is Cc1cc([N+](=O)[O-])cnc1NCc1ncc(C(C)(C)C)o1. The topological polar surface area (TPSA) is 94.1 Å². The molecule has 0 aliphatic rings. The highest BCUT2D eigenvalue weighted by molar-refractivity contribution is 5.48. The molecule has 0 aliphatic heterocycles. The van der Waals surface area contributed by atoms with Crippen LogP contribution in [0.15, 0.2) is 22.9 Å². The Morgan fingerprint density at radius 2 is 2.05 bits per heavy atom. The fraction of sp³-hybridized carbons (Fsp3) is 0.429. The van der Waals surface area contributed by atoms with Crippen LogP contribution in [0.2, 0.25) is 0 Å². The molecule has 0 saturated heterocycles.